The van der Waals surface area contributed by atoms with E-state index >= 15 is 0 Å². The summed E-state index contributed by atoms with van der Waals surface area (Å²) in [4.78, 5) is 42.5. The molecule has 6 N–H and O–H groups in total. The monoisotopic (exact) mass is 617 g/mol. The molecule has 1 unspecified atom stereocenters. The van der Waals surface area contributed by atoms with Crippen LogP contribution < -0.4 is 17.0 Å². The normalized spacial score (nSPS) is 35.2. The Kier molecular flexibility index (Phi) is 6.13. The highest BCUT2D eigenvalue weighted by Crippen LogP contribution is 2.56. The molecule has 220 valence electrons. The molecule has 0 amide bonds. The van der Waals surface area contributed by atoms with Gasteiger partial charge in [0.2, 0.25) is 5.95 Å². The summed E-state index contributed by atoms with van der Waals surface area (Å²) >= 11 is 5.37. The molecular weight excluding hydrogens is 593 g/mol. The molecule has 3 aliphatic rings. The van der Waals surface area contributed by atoms with Crippen molar-refractivity contribution in [2.24, 2.45) is 5.92 Å². The third-order valence-corrected chi connectivity index (χ3v) is 9.23. The highest BCUT2D eigenvalue weighted by atomic mass is 32.5. The maximum absolute atomic E-state index is 12.2. The maximum atomic E-state index is 12.2. The number of fused-ring (bicyclic) bond motifs is 4. The van der Waals surface area contributed by atoms with Crippen molar-refractivity contribution in [3.05, 3.63) is 23.0 Å². The number of aromatic amines is 1. The second-order valence-corrected chi connectivity index (χ2v) is 13.0. The van der Waals surface area contributed by atoms with E-state index in [1.807, 2.05) is 0 Å². The van der Waals surface area contributed by atoms with Crippen molar-refractivity contribution in [3.63, 3.8) is 0 Å². The highest BCUT2D eigenvalue weighted by Gasteiger charge is 2.60. The first-order chi connectivity index (χ1) is 20.0. The number of hydrogen-bond acceptors (Lipinski definition) is 15. The molecular formula is C22H24N11O7PS. The average Bonchev–Trinajstić information content (AvgIpc) is 3.65. The zero-order valence-corrected chi connectivity index (χ0v) is 23.6. The third-order valence-electron chi connectivity index (χ3n) is 7.70. The minimum atomic E-state index is -3.99. The molecule has 18 nitrogen and oxygen atoms in total. The zero-order valence-electron chi connectivity index (χ0n) is 21.9. The van der Waals surface area contributed by atoms with Gasteiger partial charge in [0.15, 0.2) is 46.3 Å². The van der Waals surface area contributed by atoms with E-state index < -0.39 is 42.2 Å². The predicted molar refractivity (Wildman–Crippen MR) is 146 cm³/mol. The van der Waals surface area contributed by atoms with E-state index in [0.717, 1.165) is 0 Å². The summed E-state index contributed by atoms with van der Waals surface area (Å²) in [5.74, 6) is 1.13. The third kappa shape index (κ3) is 4.19. The lowest BCUT2D eigenvalue weighted by Gasteiger charge is -2.51. The Labute approximate surface area is 240 Å². The topological polar surface area (TPSA) is 238 Å². The summed E-state index contributed by atoms with van der Waals surface area (Å²) in [5.41, 5.74) is 10.7. The lowest BCUT2D eigenvalue weighted by Crippen LogP contribution is -2.62. The van der Waals surface area contributed by atoms with Crippen LogP contribution in [0.25, 0.3) is 22.3 Å². The first-order valence-electron chi connectivity index (χ1n) is 12.7. The minimum absolute atomic E-state index is 0.0488. The quantitative estimate of drug-likeness (QED) is 0.167. The van der Waals surface area contributed by atoms with Crippen molar-refractivity contribution in [2.75, 3.05) is 24.7 Å². The van der Waals surface area contributed by atoms with Crippen LogP contribution in [0.15, 0.2) is 17.4 Å². The number of H-pyrrole nitrogens is 1. The van der Waals surface area contributed by atoms with Crippen LogP contribution in [0.3, 0.4) is 0 Å². The van der Waals surface area contributed by atoms with Gasteiger partial charge in [0, 0.05) is 5.92 Å². The van der Waals surface area contributed by atoms with Crippen LogP contribution in [-0.2, 0) is 35.1 Å². The van der Waals surface area contributed by atoms with Crippen LogP contribution in [-0.4, -0.2) is 80.1 Å². The lowest BCUT2D eigenvalue weighted by molar-refractivity contribution is -0.408. The van der Waals surface area contributed by atoms with Crippen molar-refractivity contribution < 1.29 is 28.2 Å². The van der Waals surface area contributed by atoms with E-state index in [2.05, 4.69) is 41.2 Å². The van der Waals surface area contributed by atoms with Gasteiger partial charge < -0.3 is 35.1 Å². The van der Waals surface area contributed by atoms with E-state index in [9.17, 15) is 9.69 Å². The Balaban J connectivity index is 1.18. The molecule has 0 radical (unpaired) electrons. The van der Waals surface area contributed by atoms with Gasteiger partial charge in [-0.1, -0.05) is 11.1 Å². The Morgan fingerprint density at radius 2 is 2.10 bits per heavy atom. The predicted octanol–water partition coefficient (Wildman–Crippen LogP) is -0.290. The van der Waals surface area contributed by atoms with Gasteiger partial charge in [-0.3, -0.25) is 18.9 Å². The smallest absolute Gasteiger partial charge is 0.325 e. The molecule has 7 heterocycles. The number of nitrogens with one attached hydrogen (secondary N) is 1. The van der Waals surface area contributed by atoms with Crippen molar-refractivity contribution in [1.29, 1.82) is 0 Å². The van der Waals surface area contributed by atoms with Gasteiger partial charge in [-0.2, -0.15) is 9.67 Å². The van der Waals surface area contributed by atoms with Crippen LogP contribution in [0.4, 0.5) is 11.8 Å². The molecule has 4 aromatic rings. The average molecular weight is 618 g/mol. The summed E-state index contributed by atoms with van der Waals surface area (Å²) in [6, 6.07) is 0. The summed E-state index contributed by atoms with van der Waals surface area (Å²) in [7, 11) is 0. The van der Waals surface area contributed by atoms with Crippen LogP contribution >= 0.6 is 6.72 Å². The highest BCUT2D eigenvalue weighted by molar-refractivity contribution is 8.07. The fourth-order valence-corrected chi connectivity index (χ4v) is 6.98. The number of aromatic nitrogens is 9. The van der Waals surface area contributed by atoms with Gasteiger partial charge in [-0.25, -0.2) is 15.0 Å². The Morgan fingerprint density at radius 3 is 2.90 bits per heavy atom. The summed E-state index contributed by atoms with van der Waals surface area (Å²) in [6.07, 6.45) is 7.16. The second kappa shape index (κ2) is 9.45. The van der Waals surface area contributed by atoms with E-state index in [0.29, 0.717) is 24.0 Å². The number of rotatable bonds is 2. The molecule has 20 heteroatoms. The first-order valence-corrected chi connectivity index (χ1v) is 15.3. The summed E-state index contributed by atoms with van der Waals surface area (Å²) < 4.78 is 33.3. The van der Waals surface area contributed by atoms with Gasteiger partial charge >= 0.3 is 6.72 Å². The number of terminal acetylenes is 1. The maximum Gasteiger partial charge on any atom is 0.325 e. The number of ether oxygens (including phenoxy) is 3. The van der Waals surface area contributed by atoms with Crippen LogP contribution in [0.5, 0.6) is 0 Å². The van der Waals surface area contributed by atoms with E-state index in [4.69, 9.17) is 53.0 Å². The number of nitrogens with two attached hydrogens (primary N) is 2. The van der Waals surface area contributed by atoms with Crippen molar-refractivity contribution in [1.82, 2.24) is 44.5 Å². The van der Waals surface area contributed by atoms with Crippen molar-refractivity contribution >= 4 is 52.6 Å². The molecule has 7 rings (SSSR count). The minimum Gasteiger partial charge on any atom is -0.382 e. The molecule has 42 heavy (non-hydrogen) atoms. The lowest BCUT2D eigenvalue weighted by atomic mass is 9.86. The fourth-order valence-electron chi connectivity index (χ4n) is 5.55. The fraction of sp³-hybridized carbons (Fsp3) is 0.500. The molecule has 7 atom stereocenters. The molecule has 0 aromatic carbocycles. The SMILES string of the molecule is C#C[C@@]12COP(O)(=S)O[C@H]3[C@H](n4nnc5c(=O)[nH]c(N)nc54)O[C@@]3(C)OCC[C@H]1C[C@H](n1cnc3c(N)ncnc31)O2. The van der Waals surface area contributed by atoms with Gasteiger partial charge in [-0.15, -0.1) is 11.5 Å². The number of nitrogen functional groups attached to an aromatic ring is 2. The number of nitrogens with zero attached hydrogens (tertiary/aromatic N) is 8. The molecule has 0 aliphatic carbocycles. The van der Waals surface area contributed by atoms with Crippen molar-refractivity contribution in [3.8, 4) is 12.3 Å². The molecule has 0 saturated carbocycles. The number of imidazole rings is 1. The van der Waals surface area contributed by atoms with Crippen LogP contribution in [0, 0.1) is 18.3 Å². The van der Waals surface area contributed by atoms with Crippen molar-refractivity contribution in [2.45, 2.75) is 49.7 Å². The van der Waals surface area contributed by atoms with E-state index in [1.165, 1.54) is 11.0 Å². The molecule has 4 aromatic heterocycles. The van der Waals surface area contributed by atoms with Gasteiger partial charge in [0.25, 0.3) is 5.56 Å². The van der Waals surface area contributed by atoms with Gasteiger partial charge in [-0.05, 0) is 31.6 Å². The first kappa shape index (κ1) is 27.2. The second-order valence-electron chi connectivity index (χ2n) is 10.2. The molecule has 3 aliphatic heterocycles. The van der Waals surface area contributed by atoms with Gasteiger partial charge in [0.05, 0.1) is 19.5 Å². The molecule has 3 fully saturated rings. The Morgan fingerprint density at radius 1 is 1.26 bits per heavy atom. The number of hydrogen-bond donors (Lipinski definition) is 4. The summed E-state index contributed by atoms with van der Waals surface area (Å²) in [5, 5.41) is 7.85. The van der Waals surface area contributed by atoms with Crippen LogP contribution in [0.1, 0.15) is 32.2 Å². The Hall–Kier alpha value is -3.60. The van der Waals surface area contributed by atoms with E-state index in [1.54, 1.807) is 17.8 Å². The molecule has 3 saturated heterocycles. The molecule has 0 spiro atoms. The van der Waals surface area contributed by atoms with Gasteiger partial charge in [0.1, 0.15) is 18.1 Å². The summed E-state index contributed by atoms with van der Waals surface area (Å²) in [6.45, 7) is -2.46. The zero-order chi connectivity index (χ0) is 29.4. The molecule has 0 bridgehead atoms. The Bertz CT molecular complexity index is 1870. The number of anilines is 2. The standard InChI is InChI=1S/C22H24N11O7PS/c1-3-22-7-37-41(35,42)40-14-19(33-17-13(30-31-33)18(34)29-20(24)28-17)39-21(14,2)36-5-4-10(22)6-11(38-22)32-9-27-12-15(23)25-8-26-16(12)32/h1,8-11,14,19H,4-7H2,2H3,(H,35,42)(H2,23,25,26)(H3,24,28,29,34)/t10-,11+,14-,19+,21+,22+,41?/m0/s1. The van der Waals surface area contributed by atoms with E-state index in [-0.39, 0.29) is 42.1 Å². The van der Waals surface area contributed by atoms with Crippen LogP contribution in [0.2, 0.25) is 0 Å². The largest absolute Gasteiger partial charge is 0.382 e.